The summed E-state index contributed by atoms with van der Waals surface area (Å²) in [6, 6.07) is 5.57. The number of benzene rings is 1. The highest BCUT2D eigenvalue weighted by atomic mass is 19.4. The van der Waals surface area contributed by atoms with Crippen LogP contribution in [-0.4, -0.2) is 15.7 Å². The Labute approximate surface area is 106 Å². The molecule has 0 aliphatic carbocycles. The third-order valence-electron chi connectivity index (χ3n) is 2.43. The molecule has 0 saturated carbocycles. The molecule has 1 N–H and O–H groups in total. The van der Waals surface area contributed by atoms with Crippen LogP contribution in [-0.2, 0) is 13.2 Å². The van der Waals surface area contributed by atoms with Crippen molar-refractivity contribution in [2.45, 2.75) is 6.18 Å². The average molecular weight is 269 g/mol. The molecule has 2 rings (SSSR count). The fourth-order valence-corrected chi connectivity index (χ4v) is 1.48. The van der Waals surface area contributed by atoms with E-state index < -0.39 is 17.6 Å². The summed E-state index contributed by atoms with van der Waals surface area (Å²) in [6.45, 7) is 0. The summed E-state index contributed by atoms with van der Waals surface area (Å²) in [5.41, 5.74) is -0.652. The number of anilines is 1. The number of hydrogen-bond donors (Lipinski definition) is 1. The molecule has 0 bridgehead atoms. The number of nitrogens with one attached hydrogen (secondary N) is 1. The van der Waals surface area contributed by atoms with E-state index in [1.54, 1.807) is 19.3 Å². The van der Waals surface area contributed by atoms with Gasteiger partial charge in [-0.15, -0.1) is 0 Å². The van der Waals surface area contributed by atoms with E-state index in [0.29, 0.717) is 5.82 Å². The highest BCUT2D eigenvalue weighted by Crippen LogP contribution is 2.29. The Balaban J connectivity index is 2.12. The molecule has 0 aliphatic rings. The van der Waals surface area contributed by atoms with Crippen molar-refractivity contribution in [3.05, 3.63) is 47.7 Å². The van der Waals surface area contributed by atoms with Gasteiger partial charge in [0.25, 0.3) is 5.91 Å². The van der Waals surface area contributed by atoms with Gasteiger partial charge in [-0.3, -0.25) is 9.48 Å². The molecule has 0 saturated heterocycles. The molecule has 0 fully saturated rings. The molecular weight excluding hydrogens is 259 g/mol. The summed E-state index contributed by atoms with van der Waals surface area (Å²) in [6.07, 6.45) is -2.77. The number of alkyl halides is 3. The molecule has 1 heterocycles. The van der Waals surface area contributed by atoms with Gasteiger partial charge in [0.15, 0.2) is 5.82 Å². The Morgan fingerprint density at radius 3 is 2.32 bits per heavy atom. The van der Waals surface area contributed by atoms with E-state index in [0.717, 1.165) is 24.3 Å². The third-order valence-corrected chi connectivity index (χ3v) is 2.43. The second-order valence-electron chi connectivity index (χ2n) is 3.90. The number of nitrogens with zero attached hydrogens (tertiary/aromatic N) is 2. The monoisotopic (exact) mass is 269 g/mol. The van der Waals surface area contributed by atoms with Crippen molar-refractivity contribution in [3.8, 4) is 0 Å². The lowest BCUT2D eigenvalue weighted by molar-refractivity contribution is -0.137. The van der Waals surface area contributed by atoms with Gasteiger partial charge in [-0.2, -0.15) is 18.3 Å². The minimum absolute atomic E-state index is 0.138. The van der Waals surface area contributed by atoms with E-state index in [1.165, 1.54) is 4.68 Å². The van der Waals surface area contributed by atoms with Crippen LogP contribution in [0.15, 0.2) is 36.5 Å². The third kappa shape index (κ3) is 3.12. The van der Waals surface area contributed by atoms with E-state index in [-0.39, 0.29) is 5.56 Å². The Kier molecular flexibility index (Phi) is 3.28. The van der Waals surface area contributed by atoms with Gasteiger partial charge in [-0.25, -0.2) is 0 Å². The van der Waals surface area contributed by atoms with E-state index in [4.69, 9.17) is 0 Å². The maximum atomic E-state index is 12.4. The fraction of sp³-hybridized carbons (Fsp3) is 0.167. The fourth-order valence-electron chi connectivity index (χ4n) is 1.48. The van der Waals surface area contributed by atoms with Gasteiger partial charge in [0.1, 0.15) is 0 Å². The largest absolute Gasteiger partial charge is 0.416 e. The Morgan fingerprint density at radius 1 is 1.21 bits per heavy atom. The van der Waals surface area contributed by atoms with Crippen LogP contribution in [0.4, 0.5) is 19.0 Å². The molecule has 100 valence electrons. The van der Waals surface area contributed by atoms with Gasteiger partial charge in [0.05, 0.1) is 5.56 Å². The second-order valence-corrected chi connectivity index (χ2v) is 3.90. The molecule has 4 nitrogen and oxygen atoms in total. The van der Waals surface area contributed by atoms with Crippen LogP contribution in [0.25, 0.3) is 0 Å². The maximum Gasteiger partial charge on any atom is 0.416 e. The molecular formula is C12H10F3N3O. The lowest BCUT2D eigenvalue weighted by Crippen LogP contribution is -2.13. The molecule has 1 aromatic carbocycles. The van der Waals surface area contributed by atoms with E-state index in [9.17, 15) is 18.0 Å². The zero-order chi connectivity index (χ0) is 14.0. The number of hydrogen-bond acceptors (Lipinski definition) is 2. The Morgan fingerprint density at radius 2 is 1.84 bits per heavy atom. The SMILES string of the molecule is Cn1ccc(NC(=O)c2ccc(C(F)(F)F)cc2)n1. The molecule has 7 heteroatoms. The van der Waals surface area contributed by atoms with Gasteiger partial charge in [0, 0.05) is 24.9 Å². The number of aromatic nitrogens is 2. The first-order valence-electron chi connectivity index (χ1n) is 5.34. The first kappa shape index (κ1) is 13.1. The smallest absolute Gasteiger partial charge is 0.305 e. The summed E-state index contributed by atoms with van der Waals surface area (Å²) < 4.78 is 38.6. The van der Waals surface area contributed by atoms with Crippen molar-refractivity contribution in [2.75, 3.05) is 5.32 Å². The number of aryl methyl sites for hydroxylation is 1. The Hall–Kier alpha value is -2.31. The lowest BCUT2D eigenvalue weighted by Gasteiger charge is -2.07. The lowest BCUT2D eigenvalue weighted by atomic mass is 10.1. The quantitative estimate of drug-likeness (QED) is 0.911. The molecule has 2 aromatic rings. The van der Waals surface area contributed by atoms with Crippen LogP contribution in [0.2, 0.25) is 0 Å². The molecule has 0 aliphatic heterocycles. The van der Waals surface area contributed by atoms with Crippen LogP contribution >= 0.6 is 0 Å². The number of carbonyl (C=O) groups is 1. The van der Waals surface area contributed by atoms with Crippen LogP contribution in [0.1, 0.15) is 15.9 Å². The minimum atomic E-state index is -4.41. The van der Waals surface area contributed by atoms with Crippen LogP contribution in [0.5, 0.6) is 0 Å². The second kappa shape index (κ2) is 4.75. The van der Waals surface area contributed by atoms with Crippen molar-refractivity contribution < 1.29 is 18.0 Å². The number of rotatable bonds is 2. The van der Waals surface area contributed by atoms with E-state index >= 15 is 0 Å². The van der Waals surface area contributed by atoms with Crippen LogP contribution in [0.3, 0.4) is 0 Å². The van der Waals surface area contributed by atoms with Gasteiger partial charge in [0.2, 0.25) is 0 Å². The highest BCUT2D eigenvalue weighted by Gasteiger charge is 2.30. The van der Waals surface area contributed by atoms with Crippen molar-refractivity contribution >= 4 is 11.7 Å². The van der Waals surface area contributed by atoms with Gasteiger partial charge in [-0.1, -0.05) is 0 Å². The van der Waals surface area contributed by atoms with Crippen molar-refractivity contribution in [1.29, 1.82) is 0 Å². The predicted molar refractivity (Wildman–Crippen MR) is 62.6 cm³/mol. The van der Waals surface area contributed by atoms with E-state index in [1.807, 2.05) is 0 Å². The van der Waals surface area contributed by atoms with Crippen LogP contribution < -0.4 is 5.32 Å². The standard InChI is InChI=1S/C12H10F3N3O/c1-18-7-6-10(17-18)16-11(19)8-2-4-9(5-3-8)12(13,14)15/h2-7H,1H3,(H,16,17,19). The topological polar surface area (TPSA) is 46.9 Å². The molecule has 0 radical (unpaired) electrons. The van der Waals surface area contributed by atoms with Gasteiger partial charge >= 0.3 is 6.18 Å². The predicted octanol–water partition coefficient (Wildman–Crippen LogP) is 2.69. The number of halogens is 3. The normalized spacial score (nSPS) is 11.4. The van der Waals surface area contributed by atoms with Crippen molar-refractivity contribution in [3.63, 3.8) is 0 Å². The zero-order valence-electron chi connectivity index (χ0n) is 9.90. The summed E-state index contributed by atoms with van der Waals surface area (Å²) in [7, 11) is 1.69. The first-order chi connectivity index (χ1) is 8.86. The maximum absolute atomic E-state index is 12.4. The van der Waals surface area contributed by atoms with Crippen molar-refractivity contribution in [1.82, 2.24) is 9.78 Å². The molecule has 1 aromatic heterocycles. The summed E-state index contributed by atoms with van der Waals surface area (Å²) >= 11 is 0. The van der Waals surface area contributed by atoms with Crippen LogP contribution in [0, 0.1) is 0 Å². The molecule has 0 spiro atoms. The summed E-state index contributed by atoms with van der Waals surface area (Å²) in [4.78, 5) is 11.7. The number of carbonyl (C=O) groups excluding carboxylic acids is 1. The zero-order valence-corrected chi connectivity index (χ0v) is 9.90. The summed E-state index contributed by atoms with van der Waals surface area (Å²) in [5, 5.41) is 6.42. The molecule has 19 heavy (non-hydrogen) atoms. The molecule has 0 unspecified atom stereocenters. The summed E-state index contributed by atoms with van der Waals surface area (Å²) in [5.74, 6) is -0.167. The van der Waals surface area contributed by atoms with Gasteiger partial charge in [-0.05, 0) is 24.3 Å². The van der Waals surface area contributed by atoms with Crippen molar-refractivity contribution in [2.24, 2.45) is 7.05 Å². The average Bonchev–Trinajstić information content (AvgIpc) is 2.74. The minimum Gasteiger partial charge on any atom is -0.305 e. The number of amides is 1. The molecule has 1 amide bonds. The molecule has 0 atom stereocenters. The Bertz CT molecular complexity index is 587. The first-order valence-corrected chi connectivity index (χ1v) is 5.34. The highest BCUT2D eigenvalue weighted by molar-refractivity contribution is 6.03. The van der Waals surface area contributed by atoms with E-state index in [2.05, 4.69) is 10.4 Å². The van der Waals surface area contributed by atoms with Gasteiger partial charge < -0.3 is 5.32 Å².